The van der Waals surface area contributed by atoms with Gasteiger partial charge in [0.2, 0.25) is 0 Å². The molecule has 0 spiro atoms. The minimum absolute atomic E-state index is 0.570. The fraction of sp³-hybridized carbons (Fsp3) is 1.00. The fourth-order valence-corrected chi connectivity index (χ4v) is 10.5. The normalized spacial score (nSPS) is 12.3. The van der Waals surface area contributed by atoms with Gasteiger partial charge in [-0.25, -0.2) is 0 Å². The Hall–Kier alpha value is 0. The van der Waals surface area contributed by atoms with Gasteiger partial charge in [-0.05, 0) is 49.4 Å². The third-order valence-corrected chi connectivity index (χ3v) is 14.3. The predicted molar refractivity (Wildman–Crippen MR) is 251 cm³/mol. The van der Waals surface area contributed by atoms with Crippen molar-refractivity contribution in [1.29, 1.82) is 0 Å². The summed E-state index contributed by atoms with van der Waals surface area (Å²) in [5.74, 6) is 0. The lowest BCUT2D eigenvalue weighted by atomic mass is 9.52. The van der Waals surface area contributed by atoms with Crippen LogP contribution in [-0.2, 0) is 0 Å². The molecule has 0 atom stereocenters. The Bertz CT molecular complexity index is 605. The number of unbranched alkanes of at least 4 members (excludes halogenated alkanes) is 35. The van der Waals surface area contributed by atoms with Crippen LogP contribution in [0.1, 0.15) is 337 Å². The maximum Gasteiger partial charge on any atom is -0.0241 e. The lowest BCUT2D eigenvalue weighted by molar-refractivity contribution is -0.0255. The molecule has 0 aliphatic heterocycles. The molecule has 54 heavy (non-hydrogen) atoms. The summed E-state index contributed by atoms with van der Waals surface area (Å²) >= 11 is 0. The first-order valence-corrected chi connectivity index (χ1v) is 26.6. The SMILES string of the molecule is CCCCCCCCCCC(CC)(CCCCCCCCCC)C(CCCCCCCCCC)(CCCCCCCCCC)CCCCCCCCCC. The zero-order valence-electron chi connectivity index (χ0n) is 39.5. The van der Waals surface area contributed by atoms with Crippen molar-refractivity contribution in [3.05, 3.63) is 0 Å². The smallest absolute Gasteiger partial charge is 0.0241 e. The molecule has 0 aliphatic carbocycles. The standard InChI is InChI=1S/C54H110/c1-7-13-18-23-28-33-38-43-48-53(12-6,49-44-39-34-29-24-19-14-8-2)54(50-45-40-35-30-25-20-15-9-3,51-46-41-36-31-26-21-16-10-4)52-47-42-37-32-27-22-17-11-5/h7-52H2,1-6H3. The zero-order chi connectivity index (χ0) is 39.5. The Morgan fingerprint density at radius 2 is 0.315 bits per heavy atom. The second-order valence-electron chi connectivity index (χ2n) is 19.0. The van der Waals surface area contributed by atoms with E-state index in [0.29, 0.717) is 10.8 Å². The third kappa shape index (κ3) is 30.1. The molecule has 0 unspecified atom stereocenters. The quantitative estimate of drug-likeness (QED) is 0.0542. The molecule has 0 bridgehead atoms. The van der Waals surface area contributed by atoms with Crippen molar-refractivity contribution >= 4 is 0 Å². The molecule has 0 aliphatic rings. The molecule has 0 fully saturated rings. The van der Waals surface area contributed by atoms with E-state index in [0.717, 1.165) is 0 Å². The van der Waals surface area contributed by atoms with Crippen molar-refractivity contribution in [2.75, 3.05) is 0 Å². The Morgan fingerprint density at radius 3 is 0.481 bits per heavy atom. The van der Waals surface area contributed by atoms with Crippen LogP contribution in [0.4, 0.5) is 0 Å². The molecule has 0 heteroatoms. The first-order chi connectivity index (χ1) is 26.6. The molecule has 0 amide bonds. The number of rotatable bonds is 47. The van der Waals surface area contributed by atoms with E-state index in [-0.39, 0.29) is 0 Å². The Labute approximate surface area is 346 Å². The molecule has 0 aromatic heterocycles. The van der Waals surface area contributed by atoms with Crippen LogP contribution in [0, 0.1) is 10.8 Å². The maximum absolute atomic E-state index is 2.68. The van der Waals surface area contributed by atoms with Crippen molar-refractivity contribution in [3.8, 4) is 0 Å². The summed E-state index contributed by atoms with van der Waals surface area (Å²) in [4.78, 5) is 0. The summed E-state index contributed by atoms with van der Waals surface area (Å²) < 4.78 is 0. The van der Waals surface area contributed by atoms with E-state index in [4.69, 9.17) is 0 Å². The van der Waals surface area contributed by atoms with Gasteiger partial charge in [-0.2, -0.15) is 0 Å². The number of hydrogen-bond donors (Lipinski definition) is 0. The summed E-state index contributed by atoms with van der Waals surface area (Å²) in [6.07, 6.45) is 67.9. The van der Waals surface area contributed by atoms with Gasteiger partial charge in [0.15, 0.2) is 0 Å². The molecule has 0 rings (SSSR count). The highest BCUT2D eigenvalue weighted by atomic mass is 14.5. The molecular weight excluding hydrogens is 649 g/mol. The van der Waals surface area contributed by atoms with Crippen LogP contribution in [0.2, 0.25) is 0 Å². The predicted octanol–water partition coefficient (Wildman–Crippen LogP) is 21.0. The molecule has 0 aromatic rings. The van der Waals surface area contributed by atoms with Crippen LogP contribution in [-0.4, -0.2) is 0 Å². The van der Waals surface area contributed by atoms with Gasteiger partial charge in [-0.3, -0.25) is 0 Å². The van der Waals surface area contributed by atoms with Gasteiger partial charge >= 0.3 is 0 Å². The average molecular weight is 759 g/mol. The summed E-state index contributed by atoms with van der Waals surface area (Å²) in [6.45, 7) is 14.5. The van der Waals surface area contributed by atoms with Gasteiger partial charge in [0.1, 0.15) is 0 Å². The number of hydrogen-bond acceptors (Lipinski definition) is 0. The average Bonchev–Trinajstić information content (AvgIpc) is 3.18. The molecule has 0 N–H and O–H groups in total. The second kappa shape index (κ2) is 42.6. The Morgan fingerprint density at radius 1 is 0.167 bits per heavy atom. The van der Waals surface area contributed by atoms with Crippen molar-refractivity contribution in [3.63, 3.8) is 0 Å². The van der Waals surface area contributed by atoms with E-state index in [1.165, 1.54) is 263 Å². The third-order valence-electron chi connectivity index (χ3n) is 14.3. The van der Waals surface area contributed by atoms with E-state index in [1.54, 1.807) is 32.1 Å². The van der Waals surface area contributed by atoms with Crippen molar-refractivity contribution in [1.82, 2.24) is 0 Å². The van der Waals surface area contributed by atoms with Gasteiger partial charge in [-0.15, -0.1) is 0 Å². The van der Waals surface area contributed by atoms with Crippen LogP contribution in [0.5, 0.6) is 0 Å². The van der Waals surface area contributed by atoms with Crippen LogP contribution >= 0.6 is 0 Å². The molecule has 0 radical (unpaired) electrons. The lowest BCUT2D eigenvalue weighted by Crippen LogP contribution is -2.42. The molecule has 0 nitrogen and oxygen atoms in total. The highest BCUT2D eigenvalue weighted by Gasteiger charge is 2.47. The van der Waals surface area contributed by atoms with Crippen LogP contribution in [0.3, 0.4) is 0 Å². The molecule has 0 saturated carbocycles. The van der Waals surface area contributed by atoms with E-state index in [1.807, 2.05) is 0 Å². The van der Waals surface area contributed by atoms with E-state index < -0.39 is 0 Å². The summed E-state index contributed by atoms with van der Waals surface area (Å²) in [6, 6.07) is 0. The van der Waals surface area contributed by atoms with E-state index in [9.17, 15) is 0 Å². The van der Waals surface area contributed by atoms with Gasteiger partial charge in [-0.1, -0.05) is 298 Å². The van der Waals surface area contributed by atoms with Crippen LogP contribution < -0.4 is 0 Å². The minimum atomic E-state index is 0.570. The van der Waals surface area contributed by atoms with Gasteiger partial charge < -0.3 is 0 Å². The first-order valence-electron chi connectivity index (χ1n) is 26.6. The highest BCUT2D eigenvalue weighted by molar-refractivity contribution is 4.98. The Kier molecular flexibility index (Phi) is 42.6. The van der Waals surface area contributed by atoms with Crippen molar-refractivity contribution in [2.45, 2.75) is 337 Å². The highest BCUT2D eigenvalue weighted by Crippen LogP contribution is 2.58. The maximum atomic E-state index is 2.68. The molecule has 326 valence electrons. The molecular formula is C54H110. The molecule has 0 heterocycles. The fourth-order valence-electron chi connectivity index (χ4n) is 10.5. The topological polar surface area (TPSA) is 0 Å². The summed E-state index contributed by atoms with van der Waals surface area (Å²) in [5.41, 5.74) is 1.15. The van der Waals surface area contributed by atoms with Gasteiger partial charge in [0.25, 0.3) is 0 Å². The van der Waals surface area contributed by atoms with Crippen LogP contribution in [0.25, 0.3) is 0 Å². The van der Waals surface area contributed by atoms with Gasteiger partial charge in [0, 0.05) is 0 Å². The molecule has 0 aromatic carbocycles. The second-order valence-corrected chi connectivity index (χ2v) is 19.0. The monoisotopic (exact) mass is 759 g/mol. The summed E-state index contributed by atoms with van der Waals surface area (Å²) in [7, 11) is 0. The van der Waals surface area contributed by atoms with Gasteiger partial charge in [0.05, 0.1) is 0 Å². The first kappa shape index (κ1) is 54.0. The lowest BCUT2D eigenvalue weighted by Gasteiger charge is -2.53. The molecule has 0 saturated heterocycles. The summed E-state index contributed by atoms with van der Waals surface area (Å²) in [5, 5.41) is 0. The zero-order valence-corrected chi connectivity index (χ0v) is 39.5. The Balaban J connectivity index is 6.09. The van der Waals surface area contributed by atoms with E-state index in [2.05, 4.69) is 41.5 Å². The van der Waals surface area contributed by atoms with Crippen LogP contribution in [0.15, 0.2) is 0 Å². The largest absolute Gasteiger partial charge is 0.0654 e. The van der Waals surface area contributed by atoms with E-state index >= 15 is 0 Å². The van der Waals surface area contributed by atoms with Crippen molar-refractivity contribution < 1.29 is 0 Å². The minimum Gasteiger partial charge on any atom is -0.0654 e. The van der Waals surface area contributed by atoms with Crippen molar-refractivity contribution in [2.24, 2.45) is 10.8 Å².